The molecular weight excluding hydrogens is 302 g/mol. The van der Waals surface area contributed by atoms with Gasteiger partial charge < -0.3 is 10.2 Å². The first-order chi connectivity index (χ1) is 10.2. The van der Waals surface area contributed by atoms with Crippen LogP contribution in [-0.2, 0) is 6.54 Å². The molecule has 1 aliphatic rings. The number of thiazole rings is 1. The lowest BCUT2D eigenvalue weighted by molar-refractivity contribution is 0.413. The van der Waals surface area contributed by atoms with Crippen molar-refractivity contribution in [1.29, 1.82) is 0 Å². The van der Waals surface area contributed by atoms with Crippen LogP contribution in [0, 0.1) is 6.92 Å². The Balaban J connectivity index is 1.50. The number of halogens is 1. The number of benzene rings is 1. The molecule has 2 heterocycles. The van der Waals surface area contributed by atoms with Gasteiger partial charge in [0.25, 0.3) is 0 Å². The zero-order valence-corrected chi connectivity index (χ0v) is 13.8. The maximum Gasteiger partial charge on any atom is 0.107 e. The first-order valence-corrected chi connectivity index (χ1v) is 8.62. The summed E-state index contributed by atoms with van der Waals surface area (Å²) in [6, 6.07) is 8.68. The number of hydrogen-bond acceptors (Lipinski definition) is 4. The van der Waals surface area contributed by atoms with Crippen LogP contribution in [0.1, 0.15) is 23.5 Å². The predicted molar refractivity (Wildman–Crippen MR) is 90.4 cm³/mol. The fraction of sp³-hybridized carbons (Fsp3) is 0.438. The quantitative estimate of drug-likeness (QED) is 0.926. The molecule has 1 N–H and O–H groups in total. The highest BCUT2D eigenvalue weighted by Crippen LogP contribution is 2.27. The fourth-order valence-electron chi connectivity index (χ4n) is 2.75. The van der Waals surface area contributed by atoms with E-state index in [2.05, 4.69) is 32.7 Å². The third-order valence-corrected chi connectivity index (χ3v) is 5.18. The van der Waals surface area contributed by atoms with Gasteiger partial charge in [-0.2, -0.15) is 0 Å². The molecule has 0 spiro atoms. The van der Waals surface area contributed by atoms with Crippen molar-refractivity contribution in [2.75, 3.05) is 18.0 Å². The summed E-state index contributed by atoms with van der Waals surface area (Å²) in [7, 11) is 0. The number of aryl methyl sites for hydroxylation is 1. The maximum absolute atomic E-state index is 6.27. The van der Waals surface area contributed by atoms with Gasteiger partial charge in [-0.05, 0) is 31.9 Å². The van der Waals surface area contributed by atoms with Crippen LogP contribution in [0.2, 0.25) is 5.02 Å². The normalized spacial score (nSPS) is 16.4. The largest absolute Gasteiger partial charge is 0.370 e. The fourth-order valence-corrected chi connectivity index (χ4v) is 3.73. The Morgan fingerprint density at radius 1 is 1.33 bits per heavy atom. The molecule has 0 aliphatic carbocycles. The van der Waals surface area contributed by atoms with Crippen molar-refractivity contribution in [1.82, 2.24) is 10.3 Å². The number of nitrogens with zero attached hydrogens (tertiary/aromatic N) is 2. The highest BCUT2D eigenvalue weighted by atomic mass is 35.5. The smallest absolute Gasteiger partial charge is 0.107 e. The Labute approximate surface area is 135 Å². The van der Waals surface area contributed by atoms with Gasteiger partial charge in [-0.3, -0.25) is 0 Å². The molecule has 1 aliphatic heterocycles. The molecule has 2 aromatic rings. The molecular formula is C16H20ClN3S. The van der Waals surface area contributed by atoms with Gasteiger partial charge in [-0.1, -0.05) is 23.7 Å². The number of para-hydroxylation sites is 1. The van der Waals surface area contributed by atoms with E-state index >= 15 is 0 Å². The molecule has 5 heteroatoms. The highest BCUT2D eigenvalue weighted by molar-refractivity contribution is 7.09. The number of rotatable bonds is 4. The average molecular weight is 322 g/mol. The summed E-state index contributed by atoms with van der Waals surface area (Å²) in [6.45, 7) is 5.04. The average Bonchev–Trinajstić information content (AvgIpc) is 2.92. The minimum Gasteiger partial charge on any atom is -0.370 e. The molecule has 112 valence electrons. The Bertz CT molecular complexity index is 591. The molecule has 0 radical (unpaired) electrons. The van der Waals surface area contributed by atoms with Crippen molar-refractivity contribution in [3.05, 3.63) is 45.4 Å². The second-order valence-corrected chi connectivity index (χ2v) is 6.83. The summed E-state index contributed by atoms with van der Waals surface area (Å²) < 4.78 is 0. The Kier molecular flexibility index (Phi) is 4.78. The topological polar surface area (TPSA) is 28.2 Å². The molecule has 1 saturated heterocycles. The van der Waals surface area contributed by atoms with Crippen molar-refractivity contribution in [3.63, 3.8) is 0 Å². The zero-order chi connectivity index (χ0) is 14.7. The van der Waals surface area contributed by atoms with Gasteiger partial charge in [0.1, 0.15) is 5.01 Å². The molecule has 0 atom stereocenters. The van der Waals surface area contributed by atoms with Crippen LogP contribution >= 0.6 is 22.9 Å². The van der Waals surface area contributed by atoms with Crippen LogP contribution in [0.4, 0.5) is 5.69 Å². The second-order valence-electron chi connectivity index (χ2n) is 5.48. The number of anilines is 1. The lowest BCUT2D eigenvalue weighted by Crippen LogP contribution is -2.42. The van der Waals surface area contributed by atoms with Gasteiger partial charge in [0, 0.05) is 36.8 Å². The van der Waals surface area contributed by atoms with Gasteiger partial charge in [-0.25, -0.2) is 4.98 Å². The van der Waals surface area contributed by atoms with Crippen molar-refractivity contribution in [3.8, 4) is 0 Å². The molecule has 0 saturated carbocycles. The summed E-state index contributed by atoms with van der Waals surface area (Å²) in [5, 5.41) is 7.77. The Hall–Kier alpha value is -1.10. The standard InChI is InChI=1S/C16H20ClN3S/c1-12-11-21-16(19-12)10-18-13-6-8-20(9-7-13)15-5-3-2-4-14(15)17/h2-5,11,13,18H,6-10H2,1H3. The first-order valence-electron chi connectivity index (χ1n) is 7.36. The summed E-state index contributed by atoms with van der Waals surface area (Å²) in [6.07, 6.45) is 2.30. The van der Waals surface area contributed by atoms with E-state index in [9.17, 15) is 0 Å². The van der Waals surface area contributed by atoms with E-state index in [1.165, 1.54) is 5.01 Å². The monoisotopic (exact) mass is 321 g/mol. The Morgan fingerprint density at radius 2 is 2.10 bits per heavy atom. The van der Waals surface area contributed by atoms with E-state index in [4.69, 9.17) is 11.6 Å². The van der Waals surface area contributed by atoms with E-state index in [1.807, 2.05) is 19.1 Å². The molecule has 3 nitrogen and oxygen atoms in total. The molecule has 0 bridgehead atoms. The summed E-state index contributed by atoms with van der Waals surface area (Å²) in [4.78, 5) is 6.88. The lowest BCUT2D eigenvalue weighted by Gasteiger charge is -2.34. The van der Waals surface area contributed by atoms with Crippen LogP contribution in [0.3, 0.4) is 0 Å². The van der Waals surface area contributed by atoms with Gasteiger partial charge in [0.15, 0.2) is 0 Å². The van der Waals surface area contributed by atoms with Gasteiger partial charge in [0.2, 0.25) is 0 Å². The molecule has 0 amide bonds. The number of piperidine rings is 1. The molecule has 0 unspecified atom stereocenters. The minimum absolute atomic E-state index is 0.577. The van der Waals surface area contributed by atoms with Gasteiger partial charge in [0.05, 0.1) is 10.7 Å². The van der Waals surface area contributed by atoms with Gasteiger partial charge >= 0.3 is 0 Å². The van der Waals surface area contributed by atoms with Gasteiger partial charge in [-0.15, -0.1) is 11.3 Å². The van der Waals surface area contributed by atoms with Crippen LogP contribution < -0.4 is 10.2 Å². The minimum atomic E-state index is 0.577. The molecule has 1 aromatic carbocycles. The second kappa shape index (κ2) is 6.77. The van der Waals surface area contributed by atoms with Crippen LogP contribution in [0.25, 0.3) is 0 Å². The van der Waals surface area contributed by atoms with Crippen LogP contribution in [0.5, 0.6) is 0 Å². The van der Waals surface area contributed by atoms with E-state index in [0.29, 0.717) is 6.04 Å². The molecule has 3 rings (SSSR count). The van der Waals surface area contributed by atoms with Crippen LogP contribution in [0.15, 0.2) is 29.6 Å². The van der Waals surface area contributed by atoms with Crippen molar-refractivity contribution in [2.45, 2.75) is 32.4 Å². The number of nitrogens with one attached hydrogen (secondary N) is 1. The van der Waals surface area contributed by atoms with E-state index < -0.39 is 0 Å². The van der Waals surface area contributed by atoms with E-state index in [-0.39, 0.29) is 0 Å². The molecule has 1 fully saturated rings. The van der Waals surface area contributed by atoms with Crippen molar-refractivity contribution >= 4 is 28.6 Å². The molecule has 1 aromatic heterocycles. The van der Waals surface area contributed by atoms with Crippen molar-refractivity contribution < 1.29 is 0 Å². The summed E-state index contributed by atoms with van der Waals surface area (Å²) in [5.74, 6) is 0. The molecule has 21 heavy (non-hydrogen) atoms. The third-order valence-electron chi connectivity index (χ3n) is 3.90. The summed E-state index contributed by atoms with van der Waals surface area (Å²) in [5.41, 5.74) is 2.28. The number of hydrogen-bond donors (Lipinski definition) is 1. The van der Waals surface area contributed by atoms with E-state index in [1.54, 1.807) is 11.3 Å². The SMILES string of the molecule is Cc1csc(CNC2CCN(c3ccccc3Cl)CC2)n1. The van der Waals surface area contributed by atoms with Crippen LogP contribution in [-0.4, -0.2) is 24.1 Å². The Morgan fingerprint density at radius 3 is 2.76 bits per heavy atom. The third kappa shape index (κ3) is 3.76. The maximum atomic E-state index is 6.27. The number of aromatic nitrogens is 1. The van der Waals surface area contributed by atoms with E-state index in [0.717, 1.165) is 48.9 Å². The predicted octanol–water partition coefficient (Wildman–Crippen LogP) is 3.86. The first kappa shape index (κ1) is 14.8. The highest BCUT2D eigenvalue weighted by Gasteiger charge is 2.20. The zero-order valence-electron chi connectivity index (χ0n) is 12.2. The lowest BCUT2D eigenvalue weighted by atomic mass is 10.0. The summed E-state index contributed by atoms with van der Waals surface area (Å²) >= 11 is 8.01. The van der Waals surface area contributed by atoms with Crippen molar-refractivity contribution in [2.24, 2.45) is 0 Å².